The van der Waals surface area contributed by atoms with Crippen LogP contribution in [0.15, 0.2) is 18.3 Å². The number of aryl methyl sites for hydroxylation is 1. The minimum atomic E-state index is -0.467. The molecular formula is C16H24N2O3. The monoisotopic (exact) mass is 292 g/mol. The van der Waals surface area contributed by atoms with Crippen molar-refractivity contribution >= 4 is 6.09 Å². The molecule has 2 rings (SSSR count). The van der Waals surface area contributed by atoms with Crippen LogP contribution in [-0.4, -0.2) is 40.8 Å². The smallest absolute Gasteiger partial charge is 0.410 e. The van der Waals surface area contributed by atoms with Gasteiger partial charge in [-0.2, -0.15) is 0 Å². The molecule has 0 aliphatic carbocycles. The topological polar surface area (TPSA) is 51.7 Å². The van der Waals surface area contributed by atoms with Crippen molar-refractivity contribution in [3.63, 3.8) is 0 Å². The fraction of sp³-hybridized carbons (Fsp3) is 0.625. The summed E-state index contributed by atoms with van der Waals surface area (Å²) in [6, 6.07) is 3.77. The molecule has 1 fully saturated rings. The number of nitrogens with zero attached hydrogens (tertiary/aromatic N) is 2. The van der Waals surface area contributed by atoms with Crippen LogP contribution in [0.3, 0.4) is 0 Å². The lowest BCUT2D eigenvalue weighted by Gasteiger charge is -2.34. The molecule has 0 aromatic carbocycles. The first-order valence-electron chi connectivity index (χ1n) is 7.41. The average Bonchev–Trinajstić information content (AvgIpc) is 2.40. The fourth-order valence-corrected chi connectivity index (χ4v) is 2.30. The average molecular weight is 292 g/mol. The maximum absolute atomic E-state index is 12.1. The Balaban J connectivity index is 1.95. The summed E-state index contributed by atoms with van der Waals surface area (Å²) >= 11 is 0. The van der Waals surface area contributed by atoms with Gasteiger partial charge in [0.15, 0.2) is 0 Å². The van der Waals surface area contributed by atoms with Crippen LogP contribution in [0.5, 0.6) is 5.75 Å². The van der Waals surface area contributed by atoms with E-state index in [9.17, 15) is 4.79 Å². The molecule has 0 N–H and O–H groups in total. The molecule has 21 heavy (non-hydrogen) atoms. The second kappa shape index (κ2) is 6.33. The van der Waals surface area contributed by atoms with E-state index in [-0.39, 0.29) is 12.2 Å². The molecule has 5 nitrogen and oxygen atoms in total. The second-order valence-electron chi connectivity index (χ2n) is 6.40. The zero-order valence-electron chi connectivity index (χ0n) is 13.3. The third kappa shape index (κ3) is 4.62. The Hall–Kier alpha value is -1.78. The Kier molecular flexibility index (Phi) is 4.70. The number of pyridine rings is 1. The first kappa shape index (κ1) is 15.6. The first-order chi connectivity index (χ1) is 9.85. The van der Waals surface area contributed by atoms with Gasteiger partial charge in [0.2, 0.25) is 0 Å². The Morgan fingerprint density at radius 2 is 2.19 bits per heavy atom. The largest absolute Gasteiger partial charge is 0.487 e. The normalized spacial score (nSPS) is 19.2. The summed E-state index contributed by atoms with van der Waals surface area (Å²) in [4.78, 5) is 18.1. The van der Waals surface area contributed by atoms with Crippen molar-refractivity contribution in [3.05, 3.63) is 24.0 Å². The molecule has 1 saturated heterocycles. The fourth-order valence-electron chi connectivity index (χ4n) is 2.30. The molecule has 0 unspecified atom stereocenters. The van der Waals surface area contributed by atoms with Crippen molar-refractivity contribution in [2.24, 2.45) is 0 Å². The lowest BCUT2D eigenvalue weighted by Crippen LogP contribution is -2.46. The molecule has 1 aliphatic heterocycles. The highest BCUT2D eigenvalue weighted by Gasteiger charge is 2.28. The maximum Gasteiger partial charge on any atom is 0.410 e. The minimum Gasteiger partial charge on any atom is -0.487 e. The molecule has 2 heterocycles. The van der Waals surface area contributed by atoms with E-state index in [1.807, 2.05) is 39.8 Å². The summed E-state index contributed by atoms with van der Waals surface area (Å²) in [7, 11) is 0. The molecule has 116 valence electrons. The zero-order valence-corrected chi connectivity index (χ0v) is 13.3. The Morgan fingerprint density at radius 1 is 1.43 bits per heavy atom. The van der Waals surface area contributed by atoms with Crippen molar-refractivity contribution in [2.75, 3.05) is 13.1 Å². The Morgan fingerprint density at radius 3 is 2.86 bits per heavy atom. The molecule has 1 aromatic heterocycles. The van der Waals surface area contributed by atoms with E-state index in [1.165, 1.54) is 0 Å². The minimum absolute atomic E-state index is 0.00540. The van der Waals surface area contributed by atoms with Gasteiger partial charge >= 0.3 is 6.09 Å². The number of hydrogen-bond acceptors (Lipinski definition) is 4. The van der Waals surface area contributed by atoms with E-state index in [2.05, 4.69) is 4.98 Å². The first-order valence-corrected chi connectivity index (χ1v) is 7.41. The van der Waals surface area contributed by atoms with Gasteiger partial charge in [0.05, 0.1) is 12.2 Å². The van der Waals surface area contributed by atoms with Gasteiger partial charge in [-0.15, -0.1) is 0 Å². The van der Waals surface area contributed by atoms with Crippen LogP contribution in [0, 0.1) is 6.92 Å². The number of aromatic nitrogens is 1. The van der Waals surface area contributed by atoms with Crippen molar-refractivity contribution in [1.29, 1.82) is 0 Å². The standard InChI is InChI=1S/C16H24N2O3/c1-12-14(8-5-9-17-12)20-13-7-6-10-18(11-13)15(19)21-16(2,3)4/h5,8-9,13H,6-7,10-11H2,1-4H3/t13-/m0/s1. The lowest BCUT2D eigenvalue weighted by atomic mass is 10.1. The number of rotatable bonds is 2. The summed E-state index contributed by atoms with van der Waals surface area (Å²) < 4.78 is 11.4. The van der Waals surface area contributed by atoms with Crippen LogP contribution >= 0.6 is 0 Å². The van der Waals surface area contributed by atoms with Gasteiger partial charge in [-0.25, -0.2) is 4.79 Å². The molecular weight excluding hydrogens is 268 g/mol. The van der Waals surface area contributed by atoms with Crippen LogP contribution in [0.2, 0.25) is 0 Å². The third-order valence-electron chi connectivity index (χ3n) is 3.28. The molecule has 0 radical (unpaired) electrons. The molecule has 1 aliphatic rings. The summed E-state index contributed by atoms with van der Waals surface area (Å²) in [6.07, 6.45) is 3.33. The van der Waals surface area contributed by atoms with Gasteiger partial charge in [0.1, 0.15) is 17.5 Å². The van der Waals surface area contributed by atoms with E-state index < -0.39 is 5.60 Å². The van der Waals surface area contributed by atoms with Crippen molar-refractivity contribution in [3.8, 4) is 5.75 Å². The van der Waals surface area contributed by atoms with Crippen LogP contribution in [0.25, 0.3) is 0 Å². The van der Waals surface area contributed by atoms with Gasteiger partial charge in [0.25, 0.3) is 0 Å². The third-order valence-corrected chi connectivity index (χ3v) is 3.28. The second-order valence-corrected chi connectivity index (χ2v) is 6.40. The summed E-state index contributed by atoms with van der Waals surface area (Å²) in [6.45, 7) is 8.83. The molecule has 0 bridgehead atoms. The predicted molar refractivity (Wildman–Crippen MR) is 80.4 cm³/mol. The Bertz CT molecular complexity index is 497. The number of piperidine rings is 1. The molecule has 1 aromatic rings. The molecule has 5 heteroatoms. The van der Waals surface area contributed by atoms with Gasteiger partial charge < -0.3 is 14.4 Å². The highest BCUT2D eigenvalue weighted by atomic mass is 16.6. The van der Waals surface area contributed by atoms with Crippen LogP contribution in [0.4, 0.5) is 4.79 Å². The molecule has 1 atom stereocenters. The van der Waals surface area contributed by atoms with Gasteiger partial charge in [0, 0.05) is 12.7 Å². The number of carbonyl (C=O) groups excluding carboxylic acids is 1. The van der Waals surface area contributed by atoms with Crippen molar-refractivity contribution < 1.29 is 14.3 Å². The number of amides is 1. The van der Waals surface area contributed by atoms with Crippen LogP contribution < -0.4 is 4.74 Å². The van der Waals surface area contributed by atoms with Gasteiger partial charge in [-0.1, -0.05) is 0 Å². The maximum atomic E-state index is 12.1. The summed E-state index contributed by atoms with van der Waals surface area (Å²) in [5.74, 6) is 0.786. The molecule has 0 saturated carbocycles. The summed E-state index contributed by atoms with van der Waals surface area (Å²) in [5, 5.41) is 0. The van der Waals surface area contributed by atoms with E-state index in [4.69, 9.17) is 9.47 Å². The zero-order chi connectivity index (χ0) is 15.5. The van der Waals surface area contributed by atoms with Crippen molar-refractivity contribution in [1.82, 2.24) is 9.88 Å². The molecule has 0 spiro atoms. The van der Waals surface area contributed by atoms with Gasteiger partial charge in [-0.3, -0.25) is 4.98 Å². The number of carbonyl (C=O) groups is 1. The lowest BCUT2D eigenvalue weighted by molar-refractivity contribution is 0.00765. The van der Waals surface area contributed by atoms with E-state index in [1.54, 1.807) is 11.1 Å². The number of hydrogen-bond donors (Lipinski definition) is 0. The van der Waals surface area contributed by atoms with Crippen molar-refractivity contribution in [2.45, 2.75) is 52.2 Å². The molecule has 1 amide bonds. The highest BCUT2D eigenvalue weighted by Crippen LogP contribution is 2.21. The number of ether oxygens (including phenoxy) is 2. The van der Waals surface area contributed by atoms with Crippen LogP contribution in [-0.2, 0) is 4.74 Å². The summed E-state index contributed by atoms with van der Waals surface area (Å²) in [5.41, 5.74) is 0.400. The highest BCUT2D eigenvalue weighted by molar-refractivity contribution is 5.68. The van der Waals surface area contributed by atoms with Crippen LogP contribution in [0.1, 0.15) is 39.3 Å². The van der Waals surface area contributed by atoms with E-state index in [0.29, 0.717) is 6.54 Å². The quantitative estimate of drug-likeness (QED) is 0.840. The van der Waals surface area contributed by atoms with E-state index >= 15 is 0 Å². The van der Waals surface area contributed by atoms with E-state index in [0.717, 1.165) is 30.8 Å². The number of likely N-dealkylation sites (tertiary alicyclic amines) is 1. The predicted octanol–water partition coefficient (Wildman–Crippen LogP) is 3.17. The Labute approximate surface area is 126 Å². The SMILES string of the molecule is Cc1ncccc1O[C@H]1CCCN(C(=O)OC(C)(C)C)C1. The van der Waals surface area contributed by atoms with Gasteiger partial charge in [-0.05, 0) is 52.7 Å².